The molecule has 0 spiro atoms. The summed E-state index contributed by atoms with van der Waals surface area (Å²) in [4.78, 5) is 24.0. The van der Waals surface area contributed by atoms with E-state index < -0.39 is 11.8 Å². The van der Waals surface area contributed by atoms with Gasteiger partial charge < -0.3 is 10.0 Å². The molecule has 0 radical (unpaired) electrons. The largest absolute Gasteiger partial charge is 0.481 e. The Morgan fingerprint density at radius 3 is 2.80 bits per heavy atom. The van der Waals surface area contributed by atoms with Gasteiger partial charge in [-0.3, -0.25) is 9.59 Å². The predicted octanol–water partition coefficient (Wildman–Crippen LogP) is 2.52. The molecule has 1 aromatic carbocycles. The molecule has 20 heavy (non-hydrogen) atoms. The molecule has 4 nitrogen and oxygen atoms in total. The molecule has 1 amide bonds. The van der Waals surface area contributed by atoms with E-state index >= 15 is 0 Å². The molecule has 0 heterocycles. The number of nitrogens with zero attached hydrogens (tertiary/aromatic N) is 1. The Hall–Kier alpha value is -1.62. The topological polar surface area (TPSA) is 57.6 Å². The fraction of sp³-hybridized carbons (Fsp3) is 0.429. The molecule has 0 aliphatic heterocycles. The van der Waals surface area contributed by atoms with Crippen LogP contribution >= 0.6 is 11.6 Å². The SMILES string of the molecule is CN(CCC(=O)O)C(=O)C1CC1c1c(F)cccc1Cl. The van der Waals surface area contributed by atoms with Crippen molar-refractivity contribution in [2.24, 2.45) is 5.92 Å². The maximum Gasteiger partial charge on any atom is 0.305 e. The normalized spacial score (nSPS) is 20.6. The highest BCUT2D eigenvalue weighted by atomic mass is 35.5. The molecule has 1 N–H and O–H groups in total. The lowest BCUT2D eigenvalue weighted by atomic mass is 10.1. The van der Waals surface area contributed by atoms with E-state index in [9.17, 15) is 14.0 Å². The highest BCUT2D eigenvalue weighted by Gasteiger charge is 2.47. The summed E-state index contributed by atoms with van der Waals surface area (Å²) in [5.74, 6) is -2.01. The molecule has 1 saturated carbocycles. The van der Waals surface area contributed by atoms with Gasteiger partial charge in [-0.15, -0.1) is 0 Å². The molecule has 0 bridgehead atoms. The Labute approximate surface area is 121 Å². The lowest BCUT2D eigenvalue weighted by molar-refractivity contribution is -0.138. The van der Waals surface area contributed by atoms with E-state index in [1.165, 1.54) is 17.0 Å². The average molecular weight is 300 g/mol. The minimum absolute atomic E-state index is 0.0971. The predicted molar refractivity (Wildman–Crippen MR) is 72.1 cm³/mol. The van der Waals surface area contributed by atoms with Crippen molar-refractivity contribution in [3.05, 3.63) is 34.6 Å². The fourth-order valence-electron chi connectivity index (χ4n) is 2.31. The van der Waals surface area contributed by atoms with Gasteiger partial charge in [0.05, 0.1) is 6.42 Å². The van der Waals surface area contributed by atoms with Crippen LogP contribution in [0.25, 0.3) is 0 Å². The second-order valence-electron chi connectivity index (χ2n) is 4.99. The molecule has 1 aromatic rings. The Kier molecular flexibility index (Phi) is 4.28. The minimum atomic E-state index is -0.950. The van der Waals surface area contributed by atoms with Gasteiger partial charge in [0.15, 0.2) is 0 Å². The summed E-state index contributed by atoms with van der Waals surface area (Å²) in [5.41, 5.74) is 0.388. The van der Waals surface area contributed by atoms with E-state index in [2.05, 4.69) is 0 Å². The van der Waals surface area contributed by atoms with Gasteiger partial charge >= 0.3 is 5.97 Å². The first-order valence-electron chi connectivity index (χ1n) is 6.32. The zero-order valence-corrected chi connectivity index (χ0v) is 11.7. The van der Waals surface area contributed by atoms with Crippen LogP contribution in [0.3, 0.4) is 0 Å². The zero-order valence-electron chi connectivity index (χ0n) is 11.0. The lowest BCUT2D eigenvalue weighted by Crippen LogP contribution is -2.30. The van der Waals surface area contributed by atoms with Crippen molar-refractivity contribution in [1.29, 1.82) is 0 Å². The number of amides is 1. The third-order valence-corrected chi connectivity index (χ3v) is 3.85. The first-order valence-corrected chi connectivity index (χ1v) is 6.70. The molecular weight excluding hydrogens is 285 g/mol. The third-order valence-electron chi connectivity index (χ3n) is 3.52. The summed E-state index contributed by atoms with van der Waals surface area (Å²) in [6.45, 7) is 0.155. The van der Waals surface area contributed by atoms with Crippen LogP contribution in [0.5, 0.6) is 0 Å². The van der Waals surface area contributed by atoms with Gasteiger partial charge in [0.1, 0.15) is 5.82 Å². The molecule has 2 atom stereocenters. The van der Waals surface area contributed by atoms with E-state index in [4.69, 9.17) is 16.7 Å². The molecule has 2 unspecified atom stereocenters. The average Bonchev–Trinajstić information content (AvgIpc) is 3.15. The van der Waals surface area contributed by atoms with Crippen LogP contribution in [-0.4, -0.2) is 35.5 Å². The number of rotatable bonds is 5. The summed E-state index contributed by atoms with van der Waals surface area (Å²) in [5, 5.41) is 8.93. The maximum absolute atomic E-state index is 13.7. The standard InChI is InChI=1S/C14H15ClFNO3/c1-17(6-5-12(18)19)14(20)9-7-8(9)13-10(15)3-2-4-11(13)16/h2-4,8-9H,5-7H2,1H3,(H,18,19). The number of benzene rings is 1. The van der Waals surface area contributed by atoms with E-state index in [1.54, 1.807) is 13.1 Å². The Bertz CT molecular complexity index is 529. The number of carboxylic acid groups (broad SMARTS) is 1. The number of aliphatic carboxylic acids is 1. The molecule has 1 aliphatic rings. The van der Waals surface area contributed by atoms with E-state index in [1.807, 2.05) is 0 Å². The van der Waals surface area contributed by atoms with Crippen LogP contribution in [0.4, 0.5) is 4.39 Å². The molecule has 6 heteroatoms. The molecule has 2 rings (SSSR count). The number of carboxylic acids is 1. The summed E-state index contributed by atoms with van der Waals surface area (Å²) in [6, 6.07) is 4.46. The van der Waals surface area contributed by atoms with Crippen molar-refractivity contribution in [1.82, 2.24) is 4.90 Å². The first-order chi connectivity index (χ1) is 9.41. The smallest absolute Gasteiger partial charge is 0.305 e. The van der Waals surface area contributed by atoms with Gasteiger partial charge in [0.25, 0.3) is 0 Å². The van der Waals surface area contributed by atoms with E-state index in [0.717, 1.165) is 0 Å². The highest BCUT2D eigenvalue weighted by Crippen LogP contribution is 2.51. The van der Waals surface area contributed by atoms with Crippen LogP contribution in [0, 0.1) is 11.7 Å². The Morgan fingerprint density at radius 1 is 1.50 bits per heavy atom. The second kappa shape index (κ2) is 5.79. The Balaban J connectivity index is 2.01. The fourth-order valence-corrected chi connectivity index (χ4v) is 2.61. The van der Waals surface area contributed by atoms with Gasteiger partial charge in [-0.25, -0.2) is 4.39 Å². The lowest BCUT2D eigenvalue weighted by Gasteiger charge is -2.16. The van der Waals surface area contributed by atoms with Crippen molar-refractivity contribution >= 4 is 23.5 Å². The molecular formula is C14H15ClFNO3. The van der Waals surface area contributed by atoms with Gasteiger partial charge in [0, 0.05) is 36.0 Å². The molecule has 1 aliphatic carbocycles. The number of carbonyl (C=O) groups excluding carboxylic acids is 1. The number of hydrogen-bond donors (Lipinski definition) is 1. The quantitative estimate of drug-likeness (QED) is 0.909. The van der Waals surface area contributed by atoms with E-state index in [-0.39, 0.29) is 30.7 Å². The van der Waals surface area contributed by atoms with Crippen LogP contribution in [0.2, 0.25) is 5.02 Å². The van der Waals surface area contributed by atoms with Crippen molar-refractivity contribution in [2.75, 3.05) is 13.6 Å². The molecule has 1 fully saturated rings. The third kappa shape index (κ3) is 3.10. The summed E-state index contributed by atoms with van der Waals surface area (Å²) in [7, 11) is 1.56. The van der Waals surface area contributed by atoms with Crippen molar-refractivity contribution in [3.63, 3.8) is 0 Å². The van der Waals surface area contributed by atoms with E-state index in [0.29, 0.717) is 17.0 Å². The number of halogens is 2. The maximum atomic E-state index is 13.7. The summed E-state index contributed by atoms with van der Waals surface area (Å²) >= 11 is 5.97. The van der Waals surface area contributed by atoms with Gasteiger partial charge in [-0.05, 0) is 18.6 Å². The number of carbonyl (C=O) groups is 2. The first kappa shape index (κ1) is 14.8. The zero-order chi connectivity index (χ0) is 14.9. The van der Waals surface area contributed by atoms with Gasteiger partial charge in [0.2, 0.25) is 5.91 Å². The van der Waals surface area contributed by atoms with Crippen LogP contribution in [0.1, 0.15) is 24.3 Å². The highest BCUT2D eigenvalue weighted by molar-refractivity contribution is 6.31. The summed E-state index contributed by atoms with van der Waals surface area (Å²) in [6.07, 6.45) is 0.455. The monoisotopic (exact) mass is 299 g/mol. The molecule has 0 saturated heterocycles. The van der Waals surface area contributed by atoms with Crippen molar-refractivity contribution < 1.29 is 19.1 Å². The van der Waals surface area contributed by atoms with Crippen molar-refractivity contribution in [3.8, 4) is 0 Å². The Morgan fingerprint density at radius 2 is 2.20 bits per heavy atom. The van der Waals surface area contributed by atoms with Gasteiger partial charge in [-0.1, -0.05) is 17.7 Å². The summed E-state index contributed by atoms with van der Waals surface area (Å²) < 4.78 is 13.7. The van der Waals surface area contributed by atoms with Crippen LogP contribution in [0.15, 0.2) is 18.2 Å². The van der Waals surface area contributed by atoms with Crippen LogP contribution in [-0.2, 0) is 9.59 Å². The molecule has 0 aromatic heterocycles. The number of hydrogen-bond acceptors (Lipinski definition) is 2. The van der Waals surface area contributed by atoms with Crippen LogP contribution < -0.4 is 0 Å². The second-order valence-corrected chi connectivity index (χ2v) is 5.39. The minimum Gasteiger partial charge on any atom is -0.481 e. The van der Waals surface area contributed by atoms with Gasteiger partial charge in [-0.2, -0.15) is 0 Å². The van der Waals surface area contributed by atoms with Crippen molar-refractivity contribution in [2.45, 2.75) is 18.8 Å². The molecule has 108 valence electrons.